The largest absolute Gasteiger partial charge is 0.460 e. The summed E-state index contributed by atoms with van der Waals surface area (Å²) in [6.45, 7) is 10.3. The Bertz CT molecular complexity index is 262. The monoisotopic (exact) mass is 314 g/mol. The number of esters is 1. The van der Waals surface area contributed by atoms with E-state index in [4.69, 9.17) is 4.74 Å². The van der Waals surface area contributed by atoms with Gasteiger partial charge >= 0.3 is 5.97 Å². The van der Waals surface area contributed by atoms with Gasteiger partial charge in [0.25, 0.3) is 0 Å². The molecular weight excluding hydrogens is 274 g/mol. The van der Waals surface area contributed by atoms with Crippen molar-refractivity contribution in [2.24, 2.45) is 0 Å². The number of hydrogen-bond donors (Lipinski definition) is 0. The van der Waals surface area contributed by atoms with Gasteiger partial charge in [-0.2, -0.15) is 0 Å². The summed E-state index contributed by atoms with van der Waals surface area (Å²) in [7, 11) is 2.22. The van der Waals surface area contributed by atoms with Crippen molar-refractivity contribution in [2.75, 3.05) is 33.3 Å². The van der Waals surface area contributed by atoms with E-state index < -0.39 is 0 Å². The second-order valence-corrected chi connectivity index (χ2v) is 6.77. The zero-order valence-electron chi connectivity index (χ0n) is 15.7. The molecule has 0 heterocycles. The summed E-state index contributed by atoms with van der Waals surface area (Å²) >= 11 is 0. The van der Waals surface area contributed by atoms with E-state index in [1.165, 1.54) is 51.4 Å². The molecule has 0 N–H and O–H groups in total. The number of carbonyl (C=O) groups is 1. The normalized spacial score (nSPS) is 11.6. The maximum atomic E-state index is 11.7. The van der Waals surface area contributed by atoms with E-state index in [1.807, 2.05) is 0 Å². The molecule has 0 rings (SSSR count). The van der Waals surface area contributed by atoms with E-state index in [0.717, 1.165) is 30.5 Å². The molecule has 0 aromatic heterocycles. The molecule has 0 saturated heterocycles. The van der Waals surface area contributed by atoms with Crippen molar-refractivity contribution >= 4 is 5.97 Å². The Labute approximate surface area is 139 Å². The third-order valence-electron chi connectivity index (χ3n) is 4.91. The fourth-order valence-electron chi connectivity index (χ4n) is 2.57. The second kappa shape index (κ2) is 14.0. The summed E-state index contributed by atoms with van der Waals surface area (Å²) in [5.74, 6) is -0.0123. The molecule has 0 aromatic rings. The molecule has 0 bridgehead atoms. The molecule has 0 aromatic carbocycles. The van der Waals surface area contributed by atoms with Crippen molar-refractivity contribution in [3.8, 4) is 0 Å². The number of nitrogens with zero attached hydrogens (tertiary/aromatic N) is 1. The van der Waals surface area contributed by atoms with Crippen molar-refractivity contribution in [1.29, 1.82) is 0 Å². The minimum absolute atomic E-state index is 0.0123. The second-order valence-electron chi connectivity index (χ2n) is 6.77. The summed E-state index contributed by atoms with van der Waals surface area (Å²) in [5.41, 5.74) is 0. The first-order valence-corrected chi connectivity index (χ1v) is 9.57. The van der Waals surface area contributed by atoms with Crippen LogP contribution in [0.5, 0.6) is 0 Å². The van der Waals surface area contributed by atoms with Crippen molar-refractivity contribution in [3.63, 3.8) is 0 Å². The Hall–Kier alpha value is -0.570. The van der Waals surface area contributed by atoms with Gasteiger partial charge in [0.05, 0.1) is 20.1 Å². The lowest BCUT2D eigenvalue weighted by molar-refractivity contribution is -0.906. The first-order chi connectivity index (χ1) is 10.6. The lowest BCUT2D eigenvalue weighted by Gasteiger charge is -2.31. The fourth-order valence-corrected chi connectivity index (χ4v) is 2.57. The number of ether oxygens (including phenoxy) is 1. The molecule has 0 unspecified atom stereocenters. The maximum absolute atomic E-state index is 11.7. The average Bonchev–Trinajstić information content (AvgIpc) is 2.53. The molecule has 132 valence electrons. The van der Waals surface area contributed by atoms with Gasteiger partial charge in [-0.25, -0.2) is 0 Å². The van der Waals surface area contributed by atoms with Crippen LogP contribution in [0, 0.1) is 0 Å². The van der Waals surface area contributed by atoms with E-state index >= 15 is 0 Å². The van der Waals surface area contributed by atoms with Crippen LogP contribution in [0.2, 0.25) is 0 Å². The van der Waals surface area contributed by atoms with Crippen LogP contribution in [0.3, 0.4) is 0 Å². The Morgan fingerprint density at radius 2 is 1.32 bits per heavy atom. The van der Waals surface area contributed by atoms with Gasteiger partial charge in [-0.1, -0.05) is 58.3 Å². The molecular formula is C19H40NO2+. The van der Waals surface area contributed by atoms with Gasteiger partial charge in [0.1, 0.15) is 13.2 Å². The smallest absolute Gasteiger partial charge is 0.305 e. The zero-order valence-corrected chi connectivity index (χ0v) is 15.7. The minimum atomic E-state index is -0.0123. The molecule has 0 saturated carbocycles. The highest BCUT2D eigenvalue weighted by atomic mass is 16.5. The average molecular weight is 315 g/mol. The number of carbonyl (C=O) groups excluding carboxylic acids is 1. The number of rotatable bonds is 15. The summed E-state index contributed by atoms with van der Waals surface area (Å²) in [5, 5.41) is 0. The van der Waals surface area contributed by atoms with Crippen LogP contribution >= 0.6 is 0 Å². The van der Waals surface area contributed by atoms with Gasteiger partial charge in [-0.05, 0) is 20.3 Å². The van der Waals surface area contributed by atoms with Crippen molar-refractivity contribution in [2.45, 2.75) is 85.0 Å². The molecule has 0 aliphatic rings. The third-order valence-corrected chi connectivity index (χ3v) is 4.91. The van der Waals surface area contributed by atoms with E-state index in [1.54, 1.807) is 0 Å². The number of quaternary nitrogens is 1. The van der Waals surface area contributed by atoms with Gasteiger partial charge < -0.3 is 9.22 Å². The first-order valence-electron chi connectivity index (χ1n) is 9.57. The summed E-state index contributed by atoms with van der Waals surface area (Å²) in [6, 6.07) is 0. The lowest BCUT2D eigenvalue weighted by atomic mass is 10.1. The van der Waals surface area contributed by atoms with Gasteiger partial charge in [-0.3, -0.25) is 4.79 Å². The van der Waals surface area contributed by atoms with Crippen LogP contribution in [0.25, 0.3) is 0 Å². The molecule has 0 aliphatic carbocycles. The number of hydrogen-bond acceptors (Lipinski definition) is 2. The summed E-state index contributed by atoms with van der Waals surface area (Å²) in [4.78, 5) is 11.7. The van der Waals surface area contributed by atoms with E-state index in [2.05, 4.69) is 27.8 Å². The van der Waals surface area contributed by atoms with Crippen LogP contribution in [0.4, 0.5) is 0 Å². The Balaban J connectivity index is 3.40. The van der Waals surface area contributed by atoms with Crippen LogP contribution in [0.15, 0.2) is 0 Å². The van der Waals surface area contributed by atoms with E-state index in [-0.39, 0.29) is 5.97 Å². The predicted octanol–water partition coefficient (Wildman–Crippen LogP) is 4.94. The molecule has 0 fully saturated rings. The molecule has 0 spiro atoms. The predicted molar refractivity (Wildman–Crippen MR) is 94.9 cm³/mol. The molecule has 0 atom stereocenters. The Kier molecular flexibility index (Phi) is 13.7. The van der Waals surface area contributed by atoms with E-state index in [9.17, 15) is 4.79 Å². The molecule has 22 heavy (non-hydrogen) atoms. The fraction of sp³-hybridized carbons (Fsp3) is 0.947. The van der Waals surface area contributed by atoms with Crippen LogP contribution in [0.1, 0.15) is 85.0 Å². The summed E-state index contributed by atoms with van der Waals surface area (Å²) in [6.07, 6.45) is 12.1. The number of unbranched alkanes of at least 4 members (excludes halogenated alkanes) is 8. The van der Waals surface area contributed by atoms with Crippen LogP contribution in [-0.2, 0) is 9.53 Å². The van der Waals surface area contributed by atoms with Gasteiger partial charge in [-0.15, -0.1) is 0 Å². The first kappa shape index (κ1) is 21.4. The lowest BCUT2D eigenvalue weighted by Crippen LogP contribution is -2.46. The third kappa shape index (κ3) is 12.0. The molecule has 0 amide bonds. The SMILES string of the molecule is CCCCCCCCCCCC(=O)OCC[N+](C)(CC)CC. The van der Waals surface area contributed by atoms with Gasteiger partial charge in [0.15, 0.2) is 0 Å². The summed E-state index contributed by atoms with van der Waals surface area (Å²) < 4.78 is 6.34. The Morgan fingerprint density at radius 1 is 0.818 bits per heavy atom. The number of likely N-dealkylation sites (N-methyl/N-ethyl adjacent to an activating group) is 1. The molecule has 0 aliphatic heterocycles. The van der Waals surface area contributed by atoms with Crippen molar-refractivity contribution < 1.29 is 14.0 Å². The van der Waals surface area contributed by atoms with Crippen molar-refractivity contribution in [3.05, 3.63) is 0 Å². The maximum Gasteiger partial charge on any atom is 0.305 e. The quantitative estimate of drug-likeness (QED) is 0.243. The standard InChI is InChI=1S/C19H40NO2/c1-5-8-9-10-11-12-13-14-15-16-19(21)22-18-17-20(4,6-2)7-3/h5-18H2,1-4H3/q+1. The minimum Gasteiger partial charge on any atom is -0.460 e. The van der Waals surface area contributed by atoms with Gasteiger partial charge in [0, 0.05) is 6.42 Å². The van der Waals surface area contributed by atoms with Gasteiger partial charge in [0.2, 0.25) is 0 Å². The highest BCUT2D eigenvalue weighted by molar-refractivity contribution is 5.69. The Morgan fingerprint density at radius 3 is 1.82 bits per heavy atom. The van der Waals surface area contributed by atoms with E-state index in [0.29, 0.717) is 13.0 Å². The molecule has 3 heteroatoms. The highest BCUT2D eigenvalue weighted by Gasteiger charge is 2.16. The van der Waals surface area contributed by atoms with Crippen LogP contribution in [-0.4, -0.2) is 43.7 Å². The highest BCUT2D eigenvalue weighted by Crippen LogP contribution is 2.10. The zero-order chi connectivity index (χ0) is 16.7. The van der Waals surface area contributed by atoms with Crippen LogP contribution < -0.4 is 0 Å². The molecule has 0 radical (unpaired) electrons. The topological polar surface area (TPSA) is 26.3 Å². The molecule has 3 nitrogen and oxygen atoms in total. The van der Waals surface area contributed by atoms with Crippen molar-refractivity contribution in [1.82, 2.24) is 0 Å².